The van der Waals surface area contributed by atoms with Crippen molar-refractivity contribution in [2.45, 2.75) is 6.54 Å². The number of para-hydroxylation sites is 2. The van der Waals surface area contributed by atoms with Crippen molar-refractivity contribution in [1.29, 1.82) is 0 Å². The molecule has 1 saturated heterocycles. The van der Waals surface area contributed by atoms with Crippen LogP contribution in [0, 0.1) is 0 Å². The average molecular weight is 415 g/mol. The van der Waals surface area contributed by atoms with Gasteiger partial charge in [-0.3, -0.25) is 19.5 Å². The van der Waals surface area contributed by atoms with E-state index in [2.05, 4.69) is 20.2 Å². The molecule has 0 atom stereocenters. The summed E-state index contributed by atoms with van der Waals surface area (Å²) in [6.45, 7) is 3.41. The number of piperazine rings is 1. The van der Waals surface area contributed by atoms with Gasteiger partial charge in [-0.05, 0) is 23.8 Å². The van der Waals surface area contributed by atoms with E-state index in [-0.39, 0.29) is 11.8 Å². The number of nitrogens with one attached hydrogen (secondary N) is 1. The Balaban J connectivity index is 1.22. The summed E-state index contributed by atoms with van der Waals surface area (Å²) in [5, 5.41) is 2.95. The molecule has 31 heavy (non-hydrogen) atoms. The quantitative estimate of drug-likeness (QED) is 0.624. The van der Waals surface area contributed by atoms with Gasteiger partial charge in [0.15, 0.2) is 0 Å². The monoisotopic (exact) mass is 415 g/mol. The zero-order chi connectivity index (χ0) is 21.5. The lowest BCUT2D eigenvalue weighted by molar-refractivity contribution is -0.128. The molecule has 7 heteroatoms. The van der Waals surface area contributed by atoms with Crippen LogP contribution in [0.25, 0.3) is 17.1 Å². The molecule has 3 aromatic rings. The second kappa shape index (κ2) is 9.95. The summed E-state index contributed by atoms with van der Waals surface area (Å²) in [6.07, 6.45) is 4.91. The lowest BCUT2D eigenvalue weighted by atomic mass is 10.2. The Labute approximate surface area is 181 Å². The molecule has 1 aliphatic heterocycles. The summed E-state index contributed by atoms with van der Waals surface area (Å²) in [4.78, 5) is 37.4. The second-order valence-electron chi connectivity index (χ2n) is 7.48. The molecule has 0 saturated carbocycles. The number of hydrogen-bond acceptors (Lipinski definition) is 5. The van der Waals surface area contributed by atoms with Crippen LogP contribution in [-0.4, -0.2) is 64.3 Å². The summed E-state index contributed by atoms with van der Waals surface area (Å²) in [5.74, 6) is -0.0541. The van der Waals surface area contributed by atoms with Crippen molar-refractivity contribution in [2.24, 2.45) is 0 Å². The Morgan fingerprint density at radius 1 is 0.935 bits per heavy atom. The van der Waals surface area contributed by atoms with E-state index < -0.39 is 0 Å². The van der Waals surface area contributed by atoms with Gasteiger partial charge in [0, 0.05) is 38.8 Å². The Kier molecular flexibility index (Phi) is 6.64. The third-order valence-corrected chi connectivity index (χ3v) is 5.25. The SMILES string of the molecule is O=C(CN1CCN(C(=O)/C=C/c2cnc3ccccc3n2)CC1)NCc1ccccc1. The molecular weight excluding hydrogens is 390 g/mol. The highest BCUT2D eigenvalue weighted by Crippen LogP contribution is 2.10. The molecule has 1 aliphatic rings. The van der Waals surface area contributed by atoms with Crippen molar-refractivity contribution in [3.05, 3.63) is 78.1 Å². The van der Waals surface area contributed by atoms with Crippen LogP contribution in [0.2, 0.25) is 0 Å². The van der Waals surface area contributed by atoms with Crippen LogP contribution in [0.15, 0.2) is 66.9 Å². The molecule has 0 unspecified atom stereocenters. The minimum Gasteiger partial charge on any atom is -0.351 e. The molecule has 1 fully saturated rings. The van der Waals surface area contributed by atoms with Gasteiger partial charge in [-0.2, -0.15) is 0 Å². The predicted octanol–water partition coefficient (Wildman–Crippen LogP) is 2.10. The van der Waals surface area contributed by atoms with Crippen molar-refractivity contribution < 1.29 is 9.59 Å². The molecule has 0 bridgehead atoms. The van der Waals surface area contributed by atoms with Gasteiger partial charge in [0.25, 0.3) is 0 Å². The van der Waals surface area contributed by atoms with Crippen LogP contribution in [0.1, 0.15) is 11.3 Å². The topological polar surface area (TPSA) is 78.4 Å². The van der Waals surface area contributed by atoms with Gasteiger partial charge >= 0.3 is 0 Å². The van der Waals surface area contributed by atoms with Crippen molar-refractivity contribution in [3.8, 4) is 0 Å². The molecule has 0 radical (unpaired) electrons. The molecule has 2 amide bonds. The maximum absolute atomic E-state index is 12.5. The van der Waals surface area contributed by atoms with E-state index >= 15 is 0 Å². The number of fused-ring (bicyclic) bond motifs is 1. The van der Waals surface area contributed by atoms with Gasteiger partial charge in [-0.1, -0.05) is 42.5 Å². The van der Waals surface area contributed by atoms with Crippen LogP contribution < -0.4 is 5.32 Å². The fourth-order valence-corrected chi connectivity index (χ4v) is 3.50. The van der Waals surface area contributed by atoms with Crippen molar-refractivity contribution in [2.75, 3.05) is 32.7 Å². The van der Waals surface area contributed by atoms with Crippen molar-refractivity contribution in [1.82, 2.24) is 25.1 Å². The molecule has 2 heterocycles. The first-order valence-electron chi connectivity index (χ1n) is 10.4. The number of aromatic nitrogens is 2. The number of carbonyl (C=O) groups excluding carboxylic acids is 2. The first-order chi connectivity index (χ1) is 15.2. The van der Waals surface area contributed by atoms with Crippen molar-refractivity contribution >= 4 is 28.9 Å². The molecule has 1 aromatic heterocycles. The number of amides is 2. The predicted molar refractivity (Wildman–Crippen MR) is 120 cm³/mol. The Bertz CT molecular complexity index is 1080. The highest BCUT2D eigenvalue weighted by molar-refractivity contribution is 5.91. The van der Waals surface area contributed by atoms with Gasteiger partial charge in [-0.25, -0.2) is 4.98 Å². The number of nitrogens with zero attached hydrogens (tertiary/aromatic N) is 4. The molecule has 158 valence electrons. The first-order valence-corrected chi connectivity index (χ1v) is 10.4. The largest absolute Gasteiger partial charge is 0.351 e. The van der Waals surface area contributed by atoms with Gasteiger partial charge < -0.3 is 10.2 Å². The number of hydrogen-bond donors (Lipinski definition) is 1. The second-order valence-corrected chi connectivity index (χ2v) is 7.48. The summed E-state index contributed by atoms with van der Waals surface area (Å²) < 4.78 is 0. The van der Waals surface area contributed by atoms with E-state index in [1.807, 2.05) is 54.6 Å². The van der Waals surface area contributed by atoms with E-state index in [9.17, 15) is 9.59 Å². The van der Waals surface area contributed by atoms with Crippen molar-refractivity contribution in [3.63, 3.8) is 0 Å². The first kappa shape index (κ1) is 20.7. The van der Waals surface area contributed by atoms with Crippen LogP contribution in [0.5, 0.6) is 0 Å². The summed E-state index contributed by atoms with van der Waals surface area (Å²) in [7, 11) is 0. The highest BCUT2D eigenvalue weighted by atomic mass is 16.2. The van der Waals surface area contributed by atoms with Crippen LogP contribution in [0.3, 0.4) is 0 Å². The molecule has 0 spiro atoms. The maximum Gasteiger partial charge on any atom is 0.246 e. The van der Waals surface area contributed by atoms with E-state index in [4.69, 9.17) is 0 Å². The normalized spacial score (nSPS) is 14.8. The number of carbonyl (C=O) groups is 2. The molecule has 7 nitrogen and oxygen atoms in total. The maximum atomic E-state index is 12.5. The third-order valence-electron chi connectivity index (χ3n) is 5.25. The van der Waals surface area contributed by atoms with E-state index in [0.717, 1.165) is 16.6 Å². The molecule has 4 rings (SSSR count). The minimum absolute atomic E-state index is 0.00148. The summed E-state index contributed by atoms with van der Waals surface area (Å²) in [5.41, 5.74) is 3.36. The van der Waals surface area contributed by atoms with Gasteiger partial charge in [-0.15, -0.1) is 0 Å². The van der Waals surface area contributed by atoms with E-state index in [1.165, 1.54) is 0 Å². The van der Waals surface area contributed by atoms with Crippen LogP contribution in [0.4, 0.5) is 0 Å². The Hall–Kier alpha value is -3.58. The lowest BCUT2D eigenvalue weighted by Gasteiger charge is -2.33. The summed E-state index contributed by atoms with van der Waals surface area (Å²) >= 11 is 0. The molecule has 0 aliphatic carbocycles. The number of rotatable bonds is 6. The molecule has 1 N–H and O–H groups in total. The molecular formula is C24H25N5O2. The fourth-order valence-electron chi connectivity index (χ4n) is 3.50. The minimum atomic E-state index is -0.0527. The van der Waals surface area contributed by atoms with Crippen LogP contribution in [-0.2, 0) is 16.1 Å². The third kappa shape index (κ3) is 5.73. The Morgan fingerprint density at radius 3 is 2.42 bits per heavy atom. The lowest BCUT2D eigenvalue weighted by Crippen LogP contribution is -2.50. The average Bonchev–Trinajstić information content (AvgIpc) is 2.82. The fraction of sp³-hybridized carbons (Fsp3) is 0.250. The van der Waals surface area contributed by atoms with Gasteiger partial charge in [0.05, 0.1) is 29.5 Å². The number of benzene rings is 2. The van der Waals surface area contributed by atoms with E-state index in [1.54, 1.807) is 23.2 Å². The zero-order valence-corrected chi connectivity index (χ0v) is 17.3. The van der Waals surface area contributed by atoms with Gasteiger partial charge in [0.1, 0.15) is 0 Å². The van der Waals surface area contributed by atoms with Gasteiger partial charge in [0.2, 0.25) is 11.8 Å². The zero-order valence-electron chi connectivity index (χ0n) is 17.3. The van der Waals surface area contributed by atoms with E-state index in [0.29, 0.717) is 45.0 Å². The molecule has 2 aromatic carbocycles. The Morgan fingerprint density at radius 2 is 1.65 bits per heavy atom. The highest BCUT2D eigenvalue weighted by Gasteiger charge is 2.21. The summed E-state index contributed by atoms with van der Waals surface area (Å²) in [6, 6.07) is 17.5. The van der Waals surface area contributed by atoms with Crippen LogP contribution >= 0.6 is 0 Å². The standard InChI is InChI=1S/C24H25N5O2/c30-23(26-16-19-6-2-1-3-7-19)18-28-12-14-29(15-13-28)24(31)11-10-20-17-25-21-8-4-5-9-22(21)27-20/h1-11,17H,12-16,18H2,(H,26,30)/b11-10+. The smallest absolute Gasteiger partial charge is 0.246 e.